The van der Waals surface area contributed by atoms with Gasteiger partial charge < -0.3 is 14.8 Å². The number of carbonyl (C=O) groups is 1. The summed E-state index contributed by atoms with van der Waals surface area (Å²) in [4.78, 5) is 12.8. The van der Waals surface area contributed by atoms with Gasteiger partial charge in [-0.25, -0.2) is 4.68 Å². The van der Waals surface area contributed by atoms with Crippen molar-refractivity contribution in [3.05, 3.63) is 71.0 Å². The Morgan fingerprint density at radius 1 is 1.07 bits per heavy atom. The van der Waals surface area contributed by atoms with Crippen molar-refractivity contribution < 1.29 is 14.3 Å². The minimum atomic E-state index is -0.162. The Morgan fingerprint density at radius 3 is 2.48 bits per heavy atom. The van der Waals surface area contributed by atoms with Crippen molar-refractivity contribution in [1.82, 2.24) is 15.1 Å². The normalized spacial score (nSPS) is 10.5. The highest BCUT2D eigenvalue weighted by atomic mass is 16.5. The Kier molecular flexibility index (Phi) is 5.45. The lowest BCUT2D eigenvalue weighted by molar-refractivity contribution is 0.0949. The molecule has 0 fully saturated rings. The topological polar surface area (TPSA) is 65.4 Å². The van der Waals surface area contributed by atoms with Gasteiger partial charge >= 0.3 is 0 Å². The summed E-state index contributed by atoms with van der Waals surface area (Å²) in [6.07, 6.45) is 0. The predicted molar refractivity (Wildman–Crippen MR) is 104 cm³/mol. The number of hydrogen-bond acceptors (Lipinski definition) is 4. The van der Waals surface area contributed by atoms with Gasteiger partial charge in [0.15, 0.2) is 0 Å². The van der Waals surface area contributed by atoms with Crippen LogP contribution in [0.5, 0.6) is 11.5 Å². The van der Waals surface area contributed by atoms with E-state index in [-0.39, 0.29) is 5.91 Å². The zero-order valence-corrected chi connectivity index (χ0v) is 15.9. The molecule has 0 radical (unpaired) electrons. The molecule has 2 aromatic carbocycles. The summed E-state index contributed by atoms with van der Waals surface area (Å²) < 4.78 is 12.4. The number of amides is 1. The molecule has 0 atom stereocenters. The molecule has 0 aliphatic heterocycles. The van der Waals surface area contributed by atoms with Crippen LogP contribution in [0.15, 0.2) is 48.5 Å². The average Bonchev–Trinajstić information content (AvgIpc) is 3.00. The van der Waals surface area contributed by atoms with Crippen LogP contribution in [0, 0.1) is 13.8 Å². The van der Waals surface area contributed by atoms with E-state index in [4.69, 9.17) is 9.47 Å². The first kappa shape index (κ1) is 18.5. The lowest BCUT2D eigenvalue weighted by Crippen LogP contribution is -2.24. The Hall–Kier alpha value is -3.28. The van der Waals surface area contributed by atoms with Crippen LogP contribution in [-0.4, -0.2) is 29.9 Å². The second-order valence-corrected chi connectivity index (χ2v) is 6.15. The van der Waals surface area contributed by atoms with Crippen LogP contribution < -0.4 is 14.8 Å². The molecular formula is C21H23N3O3. The molecule has 0 unspecified atom stereocenters. The number of methoxy groups -OCH3 is 2. The van der Waals surface area contributed by atoms with E-state index in [1.807, 2.05) is 56.3 Å². The lowest BCUT2D eigenvalue weighted by atomic mass is 10.1. The van der Waals surface area contributed by atoms with Gasteiger partial charge in [0.1, 0.15) is 11.5 Å². The first-order valence-corrected chi connectivity index (χ1v) is 8.66. The lowest BCUT2D eigenvalue weighted by Gasteiger charge is -2.11. The predicted octanol–water partition coefficient (Wildman–Crippen LogP) is 3.44. The first-order valence-electron chi connectivity index (χ1n) is 8.66. The fourth-order valence-corrected chi connectivity index (χ4v) is 3.05. The van der Waals surface area contributed by atoms with Crippen LogP contribution in [0.25, 0.3) is 5.69 Å². The molecule has 6 heteroatoms. The third-order valence-corrected chi connectivity index (χ3v) is 4.45. The summed E-state index contributed by atoms with van der Waals surface area (Å²) in [6.45, 7) is 4.09. The van der Waals surface area contributed by atoms with Gasteiger partial charge in [0.25, 0.3) is 5.91 Å². The van der Waals surface area contributed by atoms with Crippen LogP contribution in [0.3, 0.4) is 0 Å². The first-order chi connectivity index (χ1) is 13.0. The molecular weight excluding hydrogens is 342 g/mol. The maximum absolute atomic E-state index is 12.8. The van der Waals surface area contributed by atoms with Crippen LogP contribution >= 0.6 is 0 Å². The minimum Gasteiger partial charge on any atom is -0.497 e. The summed E-state index contributed by atoms with van der Waals surface area (Å²) in [7, 11) is 3.20. The van der Waals surface area contributed by atoms with Gasteiger partial charge in [-0.05, 0) is 38.1 Å². The van der Waals surface area contributed by atoms with E-state index in [1.54, 1.807) is 25.0 Å². The molecule has 3 aromatic rings. The zero-order valence-electron chi connectivity index (χ0n) is 15.9. The number of nitrogens with one attached hydrogen (secondary N) is 1. The summed E-state index contributed by atoms with van der Waals surface area (Å²) in [5.74, 6) is 1.21. The highest BCUT2D eigenvalue weighted by Crippen LogP contribution is 2.25. The van der Waals surface area contributed by atoms with Crippen molar-refractivity contribution in [1.29, 1.82) is 0 Å². The number of para-hydroxylation sites is 1. The van der Waals surface area contributed by atoms with Crippen molar-refractivity contribution >= 4 is 5.91 Å². The Bertz CT molecular complexity index is 949. The van der Waals surface area contributed by atoms with Gasteiger partial charge in [-0.2, -0.15) is 5.10 Å². The third-order valence-electron chi connectivity index (χ3n) is 4.45. The van der Waals surface area contributed by atoms with Crippen molar-refractivity contribution in [3.8, 4) is 17.2 Å². The number of benzene rings is 2. The number of carbonyl (C=O) groups excluding carboxylic acids is 1. The van der Waals surface area contributed by atoms with E-state index in [9.17, 15) is 4.79 Å². The van der Waals surface area contributed by atoms with Gasteiger partial charge in [0, 0.05) is 18.2 Å². The molecule has 1 amide bonds. The number of hydrogen-bond donors (Lipinski definition) is 1. The van der Waals surface area contributed by atoms with Gasteiger partial charge in [-0.15, -0.1) is 0 Å². The number of ether oxygens (including phenoxy) is 2. The zero-order chi connectivity index (χ0) is 19.4. The number of rotatable bonds is 6. The molecule has 0 aliphatic carbocycles. The van der Waals surface area contributed by atoms with Gasteiger partial charge in [0.2, 0.25) is 0 Å². The number of nitrogens with zero attached hydrogens (tertiary/aromatic N) is 2. The molecule has 1 N–H and O–H groups in total. The van der Waals surface area contributed by atoms with Crippen molar-refractivity contribution in [2.24, 2.45) is 0 Å². The van der Waals surface area contributed by atoms with Crippen LogP contribution in [-0.2, 0) is 6.54 Å². The van der Waals surface area contributed by atoms with E-state index in [0.717, 1.165) is 16.9 Å². The molecule has 140 valence electrons. The fraction of sp³-hybridized carbons (Fsp3) is 0.238. The van der Waals surface area contributed by atoms with Crippen LogP contribution in [0.4, 0.5) is 0 Å². The molecule has 27 heavy (non-hydrogen) atoms. The molecule has 3 rings (SSSR count). The van der Waals surface area contributed by atoms with Gasteiger partial charge in [-0.3, -0.25) is 4.79 Å². The molecule has 1 aromatic heterocycles. The highest BCUT2D eigenvalue weighted by molar-refractivity contribution is 5.96. The van der Waals surface area contributed by atoms with Crippen LogP contribution in [0.2, 0.25) is 0 Å². The Labute approximate surface area is 158 Å². The third kappa shape index (κ3) is 3.79. The molecule has 0 saturated heterocycles. The number of aromatic nitrogens is 2. The standard InChI is InChI=1S/C21H23N3O3/c1-14-20(15(2)24(23-14)17-8-6-5-7-9-17)21(25)22-13-16-10-11-18(26-3)12-19(16)27-4/h5-12H,13H2,1-4H3,(H,22,25). The monoisotopic (exact) mass is 365 g/mol. The number of aryl methyl sites for hydroxylation is 1. The quantitative estimate of drug-likeness (QED) is 0.727. The SMILES string of the molecule is COc1ccc(CNC(=O)c2c(C)nn(-c3ccccc3)c2C)c(OC)c1. The van der Waals surface area contributed by atoms with Gasteiger partial charge in [-0.1, -0.05) is 18.2 Å². The molecule has 1 heterocycles. The van der Waals surface area contributed by atoms with E-state index >= 15 is 0 Å². The second-order valence-electron chi connectivity index (χ2n) is 6.15. The van der Waals surface area contributed by atoms with E-state index in [0.29, 0.717) is 29.3 Å². The second kappa shape index (κ2) is 7.95. The fourth-order valence-electron chi connectivity index (χ4n) is 3.05. The highest BCUT2D eigenvalue weighted by Gasteiger charge is 2.19. The van der Waals surface area contributed by atoms with Crippen molar-refractivity contribution in [3.63, 3.8) is 0 Å². The summed E-state index contributed by atoms with van der Waals surface area (Å²) in [6, 6.07) is 15.3. The van der Waals surface area contributed by atoms with Crippen molar-refractivity contribution in [2.75, 3.05) is 14.2 Å². The summed E-state index contributed by atoms with van der Waals surface area (Å²) in [5.41, 5.74) is 3.88. The van der Waals surface area contributed by atoms with Gasteiger partial charge in [0.05, 0.1) is 36.9 Å². The maximum atomic E-state index is 12.8. The Balaban J connectivity index is 1.81. The largest absolute Gasteiger partial charge is 0.497 e. The molecule has 0 spiro atoms. The Morgan fingerprint density at radius 2 is 1.81 bits per heavy atom. The molecule has 6 nitrogen and oxygen atoms in total. The average molecular weight is 365 g/mol. The summed E-state index contributed by atoms with van der Waals surface area (Å²) >= 11 is 0. The molecule has 0 bridgehead atoms. The van der Waals surface area contributed by atoms with E-state index in [2.05, 4.69) is 10.4 Å². The van der Waals surface area contributed by atoms with Crippen LogP contribution in [0.1, 0.15) is 27.3 Å². The van der Waals surface area contributed by atoms with E-state index < -0.39 is 0 Å². The molecule has 0 aliphatic rings. The smallest absolute Gasteiger partial charge is 0.255 e. The maximum Gasteiger partial charge on any atom is 0.255 e. The minimum absolute atomic E-state index is 0.162. The molecule has 0 saturated carbocycles. The summed E-state index contributed by atoms with van der Waals surface area (Å²) in [5, 5.41) is 7.49. The van der Waals surface area contributed by atoms with Crippen molar-refractivity contribution in [2.45, 2.75) is 20.4 Å². The van der Waals surface area contributed by atoms with E-state index in [1.165, 1.54) is 0 Å².